The van der Waals surface area contributed by atoms with Crippen LogP contribution in [0.3, 0.4) is 0 Å². The van der Waals surface area contributed by atoms with Crippen LogP contribution in [0.1, 0.15) is 30.1 Å². The largest absolute Gasteiger partial charge is 0.497 e. The van der Waals surface area contributed by atoms with Crippen molar-refractivity contribution in [3.8, 4) is 5.75 Å². The van der Waals surface area contributed by atoms with Crippen molar-refractivity contribution in [2.24, 2.45) is 0 Å². The van der Waals surface area contributed by atoms with Gasteiger partial charge in [0, 0.05) is 5.69 Å². The summed E-state index contributed by atoms with van der Waals surface area (Å²) in [4.78, 5) is 12.5. The minimum Gasteiger partial charge on any atom is -0.497 e. The molecule has 6 nitrogen and oxygen atoms in total. The molecule has 1 amide bonds. The van der Waals surface area contributed by atoms with Crippen LogP contribution in [-0.4, -0.2) is 27.2 Å². The van der Waals surface area contributed by atoms with Gasteiger partial charge < -0.3 is 10.1 Å². The summed E-state index contributed by atoms with van der Waals surface area (Å²) in [5.41, 5.74) is 1.12. The summed E-state index contributed by atoms with van der Waals surface area (Å²) in [7, 11) is -1.92. The second-order valence-electron chi connectivity index (χ2n) is 5.50. The summed E-state index contributed by atoms with van der Waals surface area (Å²) in [5, 5.41) is 2.75. The number of nitrogens with one attached hydrogen (secondary N) is 2. The predicted molar refractivity (Wildman–Crippen MR) is 99.7 cm³/mol. The zero-order valence-corrected chi connectivity index (χ0v) is 15.1. The fraction of sp³-hybridized carbons (Fsp3) is 0.278. The zero-order valence-electron chi connectivity index (χ0n) is 14.3. The molecule has 0 aromatic heterocycles. The Bertz CT molecular complexity index is 817. The highest BCUT2D eigenvalue weighted by Crippen LogP contribution is 2.20. The van der Waals surface area contributed by atoms with E-state index in [1.54, 1.807) is 55.6 Å². The van der Waals surface area contributed by atoms with E-state index < -0.39 is 10.0 Å². The molecule has 0 fully saturated rings. The Morgan fingerprint density at radius 2 is 1.76 bits per heavy atom. The van der Waals surface area contributed by atoms with E-state index in [4.69, 9.17) is 4.74 Å². The lowest BCUT2D eigenvalue weighted by Crippen LogP contribution is -2.20. The second kappa shape index (κ2) is 8.53. The predicted octanol–water partition coefficient (Wildman–Crippen LogP) is 3.49. The van der Waals surface area contributed by atoms with Gasteiger partial charge in [0.25, 0.3) is 5.91 Å². The Morgan fingerprint density at radius 3 is 2.40 bits per heavy atom. The lowest BCUT2D eigenvalue weighted by molar-refractivity contribution is 0.102. The number of methoxy groups -OCH3 is 1. The van der Waals surface area contributed by atoms with E-state index in [2.05, 4.69) is 10.0 Å². The van der Waals surface area contributed by atoms with Gasteiger partial charge in [-0.05, 0) is 42.8 Å². The van der Waals surface area contributed by atoms with Crippen LogP contribution in [0.2, 0.25) is 0 Å². The highest BCUT2D eigenvalue weighted by Gasteiger charge is 2.16. The number of anilines is 2. The molecule has 2 N–H and O–H groups in total. The van der Waals surface area contributed by atoms with Gasteiger partial charge in [-0.3, -0.25) is 9.52 Å². The average molecular weight is 362 g/mol. The van der Waals surface area contributed by atoms with Crippen LogP contribution < -0.4 is 14.8 Å². The molecule has 0 atom stereocenters. The van der Waals surface area contributed by atoms with Gasteiger partial charge in [-0.15, -0.1) is 0 Å². The molecule has 2 rings (SSSR count). The Hall–Kier alpha value is -2.54. The van der Waals surface area contributed by atoms with E-state index in [0.29, 0.717) is 17.9 Å². The van der Waals surface area contributed by atoms with Crippen molar-refractivity contribution in [1.82, 2.24) is 0 Å². The SMILES string of the molecule is CCCCS(=O)(=O)Nc1ccccc1C(=O)Nc1ccc(OC)cc1. The van der Waals surface area contributed by atoms with Crippen molar-refractivity contribution in [3.05, 3.63) is 54.1 Å². The van der Waals surface area contributed by atoms with Gasteiger partial charge in [-0.1, -0.05) is 25.5 Å². The molecular formula is C18H22N2O4S. The Morgan fingerprint density at radius 1 is 1.08 bits per heavy atom. The lowest BCUT2D eigenvalue weighted by Gasteiger charge is -2.13. The maximum Gasteiger partial charge on any atom is 0.257 e. The van der Waals surface area contributed by atoms with Gasteiger partial charge in [0.1, 0.15) is 5.75 Å². The van der Waals surface area contributed by atoms with Gasteiger partial charge in [0.2, 0.25) is 10.0 Å². The van der Waals surface area contributed by atoms with Crippen LogP contribution in [-0.2, 0) is 10.0 Å². The summed E-state index contributed by atoms with van der Waals surface area (Å²) in [6.45, 7) is 1.92. The van der Waals surface area contributed by atoms with Gasteiger partial charge in [0.15, 0.2) is 0 Å². The van der Waals surface area contributed by atoms with Crippen molar-refractivity contribution >= 4 is 27.3 Å². The van der Waals surface area contributed by atoms with Crippen LogP contribution >= 0.6 is 0 Å². The van der Waals surface area contributed by atoms with E-state index in [-0.39, 0.29) is 22.9 Å². The van der Waals surface area contributed by atoms with E-state index in [0.717, 1.165) is 6.42 Å². The molecule has 0 aliphatic rings. The average Bonchev–Trinajstić information content (AvgIpc) is 2.61. The maximum atomic E-state index is 12.5. The second-order valence-corrected chi connectivity index (χ2v) is 7.34. The molecular weight excluding hydrogens is 340 g/mol. The number of sulfonamides is 1. The number of hydrogen-bond acceptors (Lipinski definition) is 4. The first-order valence-corrected chi connectivity index (χ1v) is 9.65. The van der Waals surface area contributed by atoms with Crippen LogP contribution in [0.25, 0.3) is 0 Å². The quantitative estimate of drug-likeness (QED) is 0.753. The van der Waals surface area contributed by atoms with E-state index in [1.165, 1.54) is 0 Å². The van der Waals surface area contributed by atoms with Crippen LogP contribution in [0, 0.1) is 0 Å². The number of ether oxygens (including phenoxy) is 1. The molecule has 0 saturated carbocycles. The molecule has 0 unspecified atom stereocenters. The summed E-state index contributed by atoms with van der Waals surface area (Å²) >= 11 is 0. The third-order valence-electron chi connectivity index (χ3n) is 3.55. The topological polar surface area (TPSA) is 84.5 Å². The van der Waals surface area contributed by atoms with E-state index in [1.807, 2.05) is 6.92 Å². The standard InChI is InChI=1S/C18H22N2O4S/c1-3-4-13-25(22,23)20-17-8-6-5-7-16(17)18(21)19-14-9-11-15(24-2)12-10-14/h5-12,20H,3-4,13H2,1-2H3,(H,19,21). The Labute approximate surface area is 148 Å². The molecule has 2 aromatic carbocycles. The summed E-state index contributed by atoms with van der Waals surface area (Å²) in [6, 6.07) is 13.4. The monoisotopic (exact) mass is 362 g/mol. The third-order valence-corrected chi connectivity index (χ3v) is 4.91. The smallest absolute Gasteiger partial charge is 0.257 e. The molecule has 0 heterocycles. The van der Waals surface area contributed by atoms with E-state index >= 15 is 0 Å². The first-order chi connectivity index (χ1) is 11.9. The zero-order chi connectivity index (χ0) is 18.3. The number of amides is 1. The van der Waals surface area contributed by atoms with Crippen molar-refractivity contribution < 1.29 is 17.9 Å². The molecule has 25 heavy (non-hydrogen) atoms. The minimum atomic E-state index is -3.48. The molecule has 2 aromatic rings. The number of carbonyl (C=O) groups is 1. The van der Waals surface area contributed by atoms with Crippen LogP contribution in [0.15, 0.2) is 48.5 Å². The number of benzene rings is 2. The van der Waals surface area contributed by atoms with Gasteiger partial charge in [-0.2, -0.15) is 0 Å². The number of carbonyl (C=O) groups excluding carboxylic acids is 1. The highest BCUT2D eigenvalue weighted by molar-refractivity contribution is 7.92. The summed E-state index contributed by atoms with van der Waals surface area (Å²) in [5.74, 6) is 0.318. The molecule has 134 valence electrons. The number of rotatable bonds is 8. The van der Waals surface area contributed by atoms with E-state index in [9.17, 15) is 13.2 Å². The molecule has 0 aliphatic carbocycles. The van der Waals surface area contributed by atoms with Gasteiger partial charge in [0.05, 0.1) is 24.1 Å². The van der Waals surface area contributed by atoms with Gasteiger partial charge >= 0.3 is 0 Å². The Kier molecular flexibility index (Phi) is 6.41. The number of para-hydroxylation sites is 1. The molecule has 0 spiro atoms. The molecule has 7 heteroatoms. The normalized spacial score (nSPS) is 11.0. The molecule has 0 saturated heterocycles. The highest BCUT2D eigenvalue weighted by atomic mass is 32.2. The van der Waals surface area contributed by atoms with Crippen molar-refractivity contribution in [1.29, 1.82) is 0 Å². The Balaban J connectivity index is 2.16. The summed E-state index contributed by atoms with van der Waals surface area (Å²) < 4.78 is 31.8. The molecule has 0 bridgehead atoms. The summed E-state index contributed by atoms with van der Waals surface area (Å²) in [6.07, 6.45) is 1.34. The minimum absolute atomic E-state index is 0.0257. The first kappa shape index (κ1) is 18.8. The molecule has 0 radical (unpaired) electrons. The van der Waals surface area contributed by atoms with Crippen molar-refractivity contribution in [2.75, 3.05) is 22.9 Å². The molecule has 0 aliphatic heterocycles. The fourth-order valence-corrected chi connectivity index (χ4v) is 3.48. The van der Waals surface area contributed by atoms with Gasteiger partial charge in [-0.25, -0.2) is 8.42 Å². The van der Waals surface area contributed by atoms with Crippen molar-refractivity contribution in [2.45, 2.75) is 19.8 Å². The number of unbranched alkanes of at least 4 members (excludes halogenated alkanes) is 1. The number of hydrogen-bond donors (Lipinski definition) is 2. The third kappa shape index (κ3) is 5.49. The van der Waals surface area contributed by atoms with Crippen LogP contribution in [0.5, 0.6) is 5.75 Å². The van der Waals surface area contributed by atoms with Crippen LogP contribution in [0.4, 0.5) is 11.4 Å². The fourth-order valence-electron chi connectivity index (χ4n) is 2.20. The first-order valence-electron chi connectivity index (χ1n) is 8.00. The van der Waals surface area contributed by atoms with Crippen molar-refractivity contribution in [3.63, 3.8) is 0 Å². The lowest BCUT2D eigenvalue weighted by atomic mass is 10.1. The maximum absolute atomic E-state index is 12.5.